The second-order valence-electron chi connectivity index (χ2n) is 3.53. The first-order valence-electron chi connectivity index (χ1n) is 5.55. The Hall–Kier alpha value is -1.71. The number of pyridine rings is 1. The second kappa shape index (κ2) is 7.56. The number of nitrogens with zero attached hydrogens (tertiary/aromatic N) is 2. The maximum atomic E-state index is 11.3. The minimum atomic E-state index is -0.0289. The molecule has 0 aliphatic carbocycles. The zero-order chi connectivity index (χ0) is 11.6. The fraction of sp³-hybridized carbons (Fsp3) is 0.417. The van der Waals surface area contributed by atoms with Crippen LogP contribution in [-0.2, 0) is 4.79 Å². The van der Waals surface area contributed by atoms with Gasteiger partial charge in [-0.1, -0.05) is 19.8 Å². The lowest BCUT2D eigenvalue weighted by atomic mass is 10.2. The van der Waals surface area contributed by atoms with Crippen LogP contribution >= 0.6 is 0 Å². The molecule has 0 bridgehead atoms. The first kappa shape index (κ1) is 12.4. The molecule has 1 N–H and O–H groups in total. The van der Waals surface area contributed by atoms with Crippen molar-refractivity contribution in [2.24, 2.45) is 5.10 Å². The van der Waals surface area contributed by atoms with Gasteiger partial charge in [0.05, 0.1) is 6.21 Å². The molecule has 86 valence electrons. The molecular formula is C12H17N3O. The Labute approximate surface area is 95.8 Å². The molecule has 1 amide bonds. The van der Waals surface area contributed by atoms with Crippen molar-refractivity contribution in [3.05, 3.63) is 30.1 Å². The number of aromatic nitrogens is 1. The van der Waals surface area contributed by atoms with Gasteiger partial charge in [-0.2, -0.15) is 5.10 Å². The number of nitrogens with one attached hydrogen (secondary N) is 1. The maximum absolute atomic E-state index is 11.3. The predicted molar refractivity (Wildman–Crippen MR) is 64.1 cm³/mol. The molecule has 0 spiro atoms. The van der Waals surface area contributed by atoms with E-state index in [1.165, 1.54) is 0 Å². The van der Waals surface area contributed by atoms with Crippen LogP contribution in [0.25, 0.3) is 0 Å². The number of hydrogen-bond acceptors (Lipinski definition) is 3. The molecule has 1 heterocycles. The summed E-state index contributed by atoms with van der Waals surface area (Å²) in [6.07, 6.45) is 8.65. The summed E-state index contributed by atoms with van der Waals surface area (Å²) in [5.41, 5.74) is 3.42. The van der Waals surface area contributed by atoms with Crippen LogP contribution in [0.1, 0.15) is 38.2 Å². The first-order valence-corrected chi connectivity index (χ1v) is 5.55. The highest BCUT2D eigenvalue weighted by atomic mass is 16.2. The normalized spacial score (nSPS) is 10.6. The third-order valence-electron chi connectivity index (χ3n) is 2.12. The average molecular weight is 219 g/mol. The number of unbranched alkanes of at least 4 members (excludes halogenated alkanes) is 2. The molecule has 0 aromatic carbocycles. The van der Waals surface area contributed by atoms with E-state index < -0.39 is 0 Å². The monoisotopic (exact) mass is 219 g/mol. The molecule has 0 atom stereocenters. The highest BCUT2D eigenvalue weighted by molar-refractivity contribution is 5.82. The van der Waals surface area contributed by atoms with Crippen LogP contribution in [0.2, 0.25) is 0 Å². The van der Waals surface area contributed by atoms with Crippen molar-refractivity contribution in [2.75, 3.05) is 0 Å². The van der Waals surface area contributed by atoms with Crippen LogP contribution in [0.3, 0.4) is 0 Å². The highest BCUT2D eigenvalue weighted by Crippen LogP contribution is 1.98. The van der Waals surface area contributed by atoms with E-state index in [4.69, 9.17) is 0 Å². The minimum absolute atomic E-state index is 0.0289. The number of carbonyl (C=O) groups is 1. The Morgan fingerprint density at radius 2 is 2.19 bits per heavy atom. The lowest BCUT2D eigenvalue weighted by molar-refractivity contribution is -0.121. The van der Waals surface area contributed by atoms with Gasteiger partial charge in [-0.05, 0) is 24.1 Å². The second-order valence-corrected chi connectivity index (χ2v) is 3.53. The molecule has 0 saturated heterocycles. The van der Waals surface area contributed by atoms with Gasteiger partial charge in [0.15, 0.2) is 0 Å². The number of rotatable bonds is 6. The molecular weight excluding hydrogens is 202 g/mol. The van der Waals surface area contributed by atoms with E-state index in [2.05, 4.69) is 22.4 Å². The molecule has 0 aliphatic rings. The van der Waals surface area contributed by atoms with Gasteiger partial charge >= 0.3 is 0 Å². The van der Waals surface area contributed by atoms with E-state index in [1.807, 2.05) is 12.1 Å². The molecule has 4 nitrogen and oxygen atoms in total. The van der Waals surface area contributed by atoms with Crippen molar-refractivity contribution in [3.8, 4) is 0 Å². The third kappa shape index (κ3) is 5.24. The molecule has 1 aromatic rings. The van der Waals surface area contributed by atoms with Gasteiger partial charge in [0.25, 0.3) is 0 Å². The van der Waals surface area contributed by atoms with Crippen molar-refractivity contribution in [1.82, 2.24) is 10.4 Å². The first-order chi connectivity index (χ1) is 7.83. The van der Waals surface area contributed by atoms with Gasteiger partial charge in [-0.15, -0.1) is 0 Å². The van der Waals surface area contributed by atoms with Gasteiger partial charge in [0.1, 0.15) is 0 Å². The lowest BCUT2D eigenvalue weighted by Gasteiger charge is -1.98. The molecule has 0 saturated carbocycles. The predicted octanol–water partition coefficient (Wildman–Crippen LogP) is 2.11. The molecule has 16 heavy (non-hydrogen) atoms. The molecule has 0 radical (unpaired) electrons. The fourth-order valence-corrected chi connectivity index (χ4v) is 1.22. The van der Waals surface area contributed by atoms with Gasteiger partial charge in [0.2, 0.25) is 5.91 Å². The van der Waals surface area contributed by atoms with E-state index in [0.717, 1.165) is 24.8 Å². The van der Waals surface area contributed by atoms with E-state index in [0.29, 0.717) is 6.42 Å². The summed E-state index contributed by atoms with van der Waals surface area (Å²) in [4.78, 5) is 15.2. The van der Waals surface area contributed by atoms with Gasteiger partial charge < -0.3 is 0 Å². The van der Waals surface area contributed by atoms with Crippen LogP contribution in [0.4, 0.5) is 0 Å². The van der Waals surface area contributed by atoms with Gasteiger partial charge in [-0.25, -0.2) is 5.43 Å². The summed E-state index contributed by atoms with van der Waals surface area (Å²) >= 11 is 0. The number of hydrazone groups is 1. The smallest absolute Gasteiger partial charge is 0.240 e. The molecule has 0 unspecified atom stereocenters. The fourth-order valence-electron chi connectivity index (χ4n) is 1.22. The molecule has 0 aliphatic heterocycles. The Bertz CT molecular complexity index is 335. The minimum Gasteiger partial charge on any atom is -0.273 e. The summed E-state index contributed by atoms with van der Waals surface area (Å²) in [6, 6.07) is 3.65. The Morgan fingerprint density at radius 1 is 1.44 bits per heavy atom. The third-order valence-corrected chi connectivity index (χ3v) is 2.12. The highest BCUT2D eigenvalue weighted by Gasteiger charge is 1.97. The van der Waals surface area contributed by atoms with E-state index in [-0.39, 0.29) is 5.91 Å². The van der Waals surface area contributed by atoms with Crippen molar-refractivity contribution < 1.29 is 4.79 Å². The summed E-state index contributed by atoms with van der Waals surface area (Å²) in [5.74, 6) is -0.0289. The van der Waals surface area contributed by atoms with Crippen LogP contribution in [0.5, 0.6) is 0 Å². The Balaban J connectivity index is 2.24. The Kier molecular flexibility index (Phi) is 5.84. The topological polar surface area (TPSA) is 54.4 Å². The van der Waals surface area contributed by atoms with E-state index >= 15 is 0 Å². The standard InChI is InChI=1S/C12H17N3O/c1-2-3-4-5-12(16)15-14-10-11-6-8-13-9-7-11/h6-10H,2-5H2,1H3,(H,15,16). The molecule has 0 fully saturated rings. The van der Waals surface area contributed by atoms with Crippen LogP contribution in [-0.4, -0.2) is 17.1 Å². The van der Waals surface area contributed by atoms with Crippen LogP contribution in [0, 0.1) is 0 Å². The summed E-state index contributed by atoms with van der Waals surface area (Å²) < 4.78 is 0. The van der Waals surface area contributed by atoms with Gasteiger partial charge in [0, 0.05) is 18.8 Å². The average Bonchev–Trinajstić information content (AvgIpc) is 2.31. The molecule has 1 rings (SSSR count). The number of carbonyl (C=O) groups excluding carboxylic acids is 1. The van der Waals surface area contributed by atoms with E-state index in [9.17, 15) is 4.79 Å². The zero-order valence-electron chi connectivity index (χ0n) is 9.52. The maximum Gasteiger partial charge on any atom is 0.240 e. The van der Waals surface area contributed by atoms with Crippen LogP contribution in [0.15, 0.2) is 29.6 Å². The summed E-state index contributed by atoms with van der Waals surface area (Å²) in [6.45, 7) is 2.11. The largest absolute Gasteiger partial charge is 0.273 e. The summed E-state index contributed by atoms with van der Waals surface area (Å²) in [7, 11) is 0. The van der Waals surface area contributed by atoms with Crippen molar-refractivity contribution >= 4 is 12.1 Å². The van der Waals surface area contributed by atoms with Crippen LogP contribution < -0.4 is 5.43 Å². The van der Waals surface area contributed by atoms with Gasteiger partial charge in [-0.3, -0.25) is 9.78 Å². The quantitative estimate of drug-likeness (QED) is 0.452. The van der Waals surface area contributed by atoms with Crippen molar-refractivity contribution in [3.63, 3.8) is 0 Å². The molecule has 1 aromatic heterocycles. The summed E-state index contributed by atoms with van der Waals surface area (Å²) in [5, 5.41) is 3.87. The number of hydrogen-bond donors (Lipinski definition) is 1. The lowest BCUT2D eigenvalue weighted by Crippen LogP contribution is -2.16. The number of amides is 1. The Morgan fingerprint density at radius 3 is 2.88 bits per heavy atom. The van der Waals surface area contributed by atoms with Crippen molar-refractivity contribution in [2.45, 2.75) is 32.6 Å². The zero-order valence-corrected chi connectivity index (χ0v) is 9.52. The van der Waals surface area contributed by atoms with E-state index in [1.54, 1.807) is 18.6 Å². The SMILES string of the molecule is CCCCCC(=O)NN=Cc1ccncc1. The molecule has 4 heteroatoms. The van der Waals surface area contributed by atoms with Crippen molar-refractivity contribution in [1.29, 1.82) is 0 Å².